The second-order valence-electron chi connectivity index (χ2n) is 11.8. The van der Waals surface area contributed by atoms with Crippen LogP contribution in [0.2, 0.25) is 0 Å². The highest BCUT2D eigenvalue weighted by molar-refractivity contribution is 6.95. The molecule has 45 heavy (non-hydrogen) atoms. The Morgan fingerprint density at radius 3 is 1.69 bits per heavy atom. The van der Waals surface area contributed by atoms with E-state index in [2.05, 4.69) is 185 Å². The maximum atomic E-state index is 2.47. The molecule has 9 rings (SSSR count). The van der Waals surface area contributed by atoms with Crippen LogP contribution in [0.5, 0.6) is 0 Å². The van der Waals surface area contributed by atoms with E-state index in [4.69, 9.17) is 0 Å². The van der Waals surface area contributed by atoms with Crippen molar-refractivity contribution in [2.24, 2.45) is 0 Å². The molecule has 2 aromatic heterocycles. The third-order valence-electron chi connectivity index (χ3n) is 9.27. The zero-order valence-corrected chi connectivity index (χ0v) is 24.7. The van der Waals surface area contributed by atoms with Crippen LogP contribution in [-0.2, 0) is 0 Å². The lowest BCUT2D eigenvalue weighted by Crippen LogP contribution is -2.51. The highest BCUT2D eigenvalue weighted by Gasteiger charge is 2.22. The van der Waals surface area contributed by atoms with E-state index >= 15 is 0 Å². The summed E-state index contributed by atoms with van der Waals surface area (Å²) < 4.78 is 4.76. The van der Waals surface area contributed by atoms with Crippen molar-refractivity contribution in [2.45, 2.75) is 0 Å². The SMILES string of the molecule is c1ccc(B(c2ccccc2)c2ccc(-n3c4ccccc4c4ccc5ccc6c(ccn6-c6ccccc6)c5c43)cc2)cc1. The fourth-order valence-corrected chi connectivity index (χ4v) is 7.26. The fraction of sp³-hybridized carbons (Fsp3) is 0. The number of hydrogen-bond acceptors (Lipinski definition) is 0. The standard InChI is InChI=1S/C42H29BN2/c1-4-12-31(13-5-1)43(32-14-6-2-7-15-32)33-22-24-35(25-23-33)45-40-19-11-10-18-36(40)37-26-20-30-21-27-39-38(41(30)42(37)45)28-29-44(39)34-16-8-3-9-17-34/h1-29H. The minimum absolute atomic E-state index is 0.165. The molecule has 7 aromatic carbocycles. The summed E-state index contributed by atoms with van der Waals surface area (Å²) in [6, 6.07) is 61.7. The van der Waals surface area contributed by atoms with Gasteiger partial charge in [0.2, 0.25) is 6.71 Å². The average Bonchev–Trinajstić information content (AvgIpc) is 3.70. The average molecular weight is 573 g/mol. The number of rotatable bonds is 5. The lowest BCUT2D eigenvalue weighted by atomic mass is 9.37. The van der Waals surface area contributed by atoms with Crippen LogP contribution in [0.3, 0.4) is 0 Å². The number of para-hydroxylation sites is 2. The van der Waals surface area contributed by atoms with E-state index in [1.54, 1.807) is 0 Å². The van der Waals surface area contributed by atoms with Crippen LogP contribution in [0.1, 0.15) is 0 Å². The molecule has 0 bridgehead atoms. The van der Waals surface area contributed by atoms with Gasteiger partial charge >= 0.3 is 0 Å². The third-order valence-corrected chi connectivity index (χ3v) is 9.27. The van der Waals surface area contributed by atoms with Crippen LogP contribution in [0.4, 0.5) is 0 Å². The first-order valence-electron chi connectivity index (χ1n) is 15.6. The number of nitrogens with zero attached hydrogens (tertiary/aromatic N) is 2. The fourth-order valence-electron chi connectivity index (χ4n) is 7.26. The number of benzene rings is 7. The summed E-state index contributed by atoms with van der Waals surface area (Å²) in [4.78, 5) is 0. The van der Waals surface area contributed by atoms with E-state index in [-0.39, 0.29) is 6.71 Å². The quantitative estimate of drug-likeness (QED) is 0.183. The van der Waals surface area contributed by atoms with Gasteiger partial charge in [0.05, 0.1) is 16.6 Å². The minimum Gasteiger partial charge on any atom is -0.317 e. The lowest BCUT2D eigenvalue weighted by Gasteiger charge is -2.17. The van der Waals surface area contributed by atoms with Crippen molar-refractivity contribution in [3.05, 3.63) is 176 Å². The number of aromatic nitrogens is 2. The Labute approximate surface area is 262 Å². The highest BCUT2D eigenvalue weighted by Crippen LogP contribution is 2.40. The number of fused-ring (bicyclic) bond motifs is 7. The van der Waals surface area contributed by atoms with Gasteiger partial charge in [-0.05, 0) is 47.9 Å². The van der Waals surface area contributed by atoms with E-state index in [9.17, 15) is 0 Å². The Hall–Kier alpha value is -5.80. The van der Waals surface area contributed by atoms with Gasteiger partial charge in [0.25, 0.3) is 0 Å². The molecular weight excluding hydrogens is 543 g/mol. The van der Waals surface area contributed by atoms with Gasteiger partial charge in [0, 0.05) is 39.1 Å². The van der Waals surface area contributed by atoms with Crippen molar-refractivity contribution in [3.63, 3.8) is 0 Å². The van der Waals surface area contributed by atoms with Gasteiger partial charge in [-0.3, -0.25) is 0 Å². The Balaban J connectivity index is 1.29. The first-order chi connectivity index (χ1) is 22.3. The van der Waals surface area contributed by atoms with E-state index in [1.807, 2.05) is 0 Å². The first-order valence-corrected chi connectivity index (χ1v) is 15.6. The summed E-state index contributed by atoms with van der Waals surface area (Å²) in [5.41, 5.74) is 9.88. The van der Waals surface area contributed by atoms with Gasteiger partial charge in [-0.25, -0.2) is 0 Å². The van der Waals surface area contributed by atoms with Crippen molar-refractivity contribution in [1.82, 2.24) is 9.13 Å². The molecule has 0 radical (unpaired) electrons. The van der Waals surface area contributed by atoms with Crippen molar-refractivity contribution < 1.29 is 0 Å². The van der Waals surface area contributed by atoms with E-state index in [0.29, 0.717) is 0 Å². The second-order valence-corrected chi connectivity index (χ2v) is 11.8. The molecule has 0 N–H and O–H groups in total. The van der Waals surface area contributed by atoms with Gasteiger partial charge < -0.3 is 9.13 Å². The third kappa shape index (κ3) is 4.12. The Morgan fingerprint density at radius 1 is 0.378 bits per heavy atom. The predicted molar refractivity (Wildman–Crippen MR) is 193 cm³/mol. The Kier molecular flexibility index (Phi) is 5.95. The molecule has 210 valence electrons. The van der Waals surface area contributed by atoms with E-state index < -0.39 is 0 Å². The van der Waals surface area contributed by atoms with Crippen LogP contribution in [0.25, 0.3) is 54.9 Å². The Bertz CT molecular complexity index is 2420. The highest BCUT2D eigenvalue weighted by atomic mass is 15.0. The van der Waals surface area contributed by atoms with E-state index in [0.717, 1.165) is 5.69 Å². The first kappa shape index (κ1) is 25.7. The summed E-state index contributed by atoms with van der Waals surface area (Å²) in [7, 11) is 0. The molecule has 9 aromatic rings. The topological polar surface area (TPSA) is 9.86 Å². The molecule has 2 heterocycles. The molecule has 0 fully saturated rings. The molecule has 0 aliphatic carbocycles. The number of hydrogen-bond donors (Lipinski definition) is 0. The largest absolute Gasteiger partial charge is 0.317 e. The molecule has 0 aliphatic heterocycles. The maximum absolute atomic E-state index is 2.47. The zero-order chi connectivity index (χ0) is 29.7. The monoisotopic (exact) mass is 572 g/mol. The van der Waals surface area contributed by atoms with Crippen molar-refractivity contribution >= 4 is 66.6 Å². The Morgan fingerprint density at radius 2 is 0.978 bits per heavy atom. The zero-order valence-electron chi connectivity index (χ0n) is 24.7. The smallest absolute Gasteiger partial charge is 0.241 e. The van der Waals surface area contributed by atoms with Crippen molar-refractivity contribution in [2.75, 3.05) is 0 Å². The molecule has 0 atom stereocenters. The molecule has 0 amide bonds. The summed E-state index contributed by atoms with van der Waals surface area (Å²) in [5, 5.41) is 6.33. The molecular formula is C42H29BN2. The minimum atomic E-state index is 0.165. The second kappa shape index (κ2) is 10.4. The van der Waals surface area contributed by atoms with Crippen LogP contribution in [-0.4, -0.2) is 15.8 Å². The molecule has 0 aliphatic rings. The molecule has 0 saturated carbocycles. The van der Waals surface area contributed by atoms with E-state index in [1.165, 1.54) is 65.6 Å². The maximum Gasteiger partial charge on any atom is 0.241 e. The summed E-state index contributed by atoms with van der Waals surface area (Å²) in [6.45, 7) is 0.165. The molecule has 0 spiro atoms. The summed E-state index contributed by atoms with van der Waals surface area (Å²) >= 11 is 0. The van der Waals surface area contributed by atoms with Gasteiger partial charge in [0.15, 0.2) is 0 Å². The van der Waals surface area contributed by atoms with Gasteiger partial charge in [0.1, 0.15) is 0 Å². The van der Waals surface area contributed by atoms with Gasteiger partial charge in [-0.2, -0.15) is 0 Å². The molecule has 0 unspecified atom stereocenters. The van der Waals surface area contributed by atoms with Crippen molar-refractivity contribution in [1.29, 1.82) is 0 Å². The van der Waals surface area contributed by atoms with Crippen LogP contribution in [0, 0.1) is 0 Å². The normalized spacial score (nSPS) is 11.6. The van der Waals surface area contributed by atoms with Crippen molar-refractivity contribution in [3.8, 4) is 11.4 Å². The van der Waals surface area contributed by atoms with Crippen LogP contribution < -0.4 is 16.4 Å². The predicted octanol–water partition coefficient (Wildman–Crippen LogP) is 8.40. The molecule has 3 heteroatoms. The lowest BCUT2D eigenvalue weighted by molar-refractivity contribution is 1.13. The summed E-state index contributed by atoms with van der Waals surface area (Å²) in [6.07, 6.45) is 2.20. The van der Waals surface area contributed by atoms with Gasteiger partial charge in [-0.1, -0.05) is 144 Å². The molecule has 0 saturated heterocycles. The summed E-state index contributed by atoms with van der Waals surface area (Å²) in [5.74, 6) is 0. The van der Waals surface area contributed by atoms with Crippen LogP contribution in [0.15, 0.2) is 176 Å². The van der Waals surface area contributed by atoms with Gasteiger partial charge in [-0.15, -0.1) is 0 Å². The van der Waals surface area contributed by atoms with Crippen LogP contribution >= 0.6 is 0 Å². The molecule has 2 nitrogen and oxygen atoms in total.